The van der Waals surface area contributed by atoms with Crippen molar-refractivity contribution < 1.29 is 5.11 Å². The first-order valence-corrected chi connectivity index (χ1v) is 7.34. The Labute approximate surface area is 132 Å². The average Bonchev–Trinajstić information content (AvgIpc) is 2.84. The van der Waals surface area contributed by atoms with Gasteiger partial charge in [-0.2, -0.15) is 4.68 Å². The number of nitrogens with zero attached hydrogens (tertiary/aromatic N) is 2. The fraction of sp³-hybridized carbons (Fsp3) is 0.176. The molecule has 3 rings (SSSR count). The van der Waals surface area contributed by atoms with Crippen LogP contribution < -0.4 is 11.4 Å². The zero-order chi connectivity index (χ0) is 16.6. The van der Waals surface area contributed by atoms with Crippen LogP contribution in [0.1, 0.15) is 18.1 Å². The van der Waals surface area contributed by atoms with Crippen molar-refractivity contribution in [2.24, 2.45) is 0 Å². The van der Waals surface area contributed by atoms with Crippen molar-refractivity contribution in [1.29, 1.82) is 0 Å². The Hall–Kier alpha value is -3.02. The topological polar surface area (TPSA) is 80.0 Å². The van der Waals surface area contributed by atoms with E-state index in [9.17, 15) is 14.7 Å². The van der Waals surface area contributed by atoms with Crippen LogP contribution in [-0.4, -0.2) is 19.5 Å². The molecule has 2 N–H and O–H groups in total. The van der Waals surface area contributed by atoms with Crippen LogP contribution in [0.5, 0.6) is 5.75 Å². The second kappa shape index (κ2) is 5.64. The maximum Gasteiger partial charge on any atom is 0.356 e. The van der Waals surface area contributed by atoms with E-state index in [2.05, 4.69) is 5.10 Å². The van der Waals surface area contributed by atoms with Gasteiger partial charge in [-0.25, -0.2) is 19.3 Å². The highest BCUT2D eigenvalue weighted by molar-refractivity contribution is 5.47. The number of aryl methyl sites for hydroxylation is 2. The predicted octanol–water partition coefficient (Wildman–Crippen LogP) is 1.89. The van der Waals surface area contributed by atoms with Gasteiger partial charge in [-0.15, -0.1) is 0 Å². The van der Waals surface area contributed by atoms with E-state index in [1.54, 1.807) is 24.3 Å². The normalized spacial score (nSPS) is 10.9. The van der Waals surface area contributed by atoms with Crippen molar-refractivity contribution in [2.75, 3.05) is 0 Å². The molecule has 0 atom stereocenters. The van der Waals surface area contributed by atoms with Gasteiger partial charge >= 0.3 is 11.4 Å². The number of benzene rings is 2. The summed E-state index contributed by atoms with van der Waals surface area (Å²) in [5.41, 5.74) is 1.61. The van der Waals surface area contributed by atoms with Gasteiger partial charge in [-0.1, -0.05) is 25.1 Å². The predicted molar refractivity (Wildman–Crippen MR) is 87.8 cm³/mol. The molecule has 0 amide bonds. The van der Waals surface area contributed by atoms with E-state index in [1.807, 2.05) is 26.0 Å². The number of aromatic amines is 1. The van der Waals surface area contributed by atoms with Crippen LogP contribution in [0.4, 0.5) is 0 Å². The summed E-state index contributed by atoms with van der Waals surface area (Å²) in [7, 11) is 0. The average molecular weight is 311 g/mol. The SMILES string of the molecule is CCc1ccc(-n2c(=O)[nH]n(-c3cc(C)ccc3O)c2=O)cc1. The number of hydrogen-bond donors (Lipinski definition) is 2. The molecule has 2 aromatic carbocycles. The van der Waals surface area contributed by atoms with Crippen LogP contribution in [0.25, 0.3) is 11.4 Å². The molecule has 0 aliphatic carbocycles. The third-order valence-electron chi connectivity index (χ3n) is 3.77. The van der Waals surface area contributed by atoms with Crippen molar-refractivity contribution in [2.45, 2.75) is 20.3 Å². The van der Waals surface area contributed by atoms with E-state index in [4.69, 9.17) is 0 Å². The smallest absolute Gasteiger partial charge is 0.356 e. The lowest BCUT2D eigenvalue weighted by atomic mass is 10.1. The fourth-order valence-electron chi connectivity index (χ4n) is 2.46. The van der Waals surface area contributed by atoms with Crippen molar-refractivity contribution in [1.82, 2.24) is 14.3 Å². The van der Waals surface area contributed by atoms with E-state index in [0.717, 1.165) is 26.8 Å². The fourth-order valence-corrected chi connectivity index (χ4v) is 2.46. The van der Waals surface area contributed by atoms with E-state index in [0.29, 0.717) is 5.69 Å². The van der Waals surface area contributed by atoms with E-state index in [1.165, 1.54) is 6.07 Å². The Morgan fingerprint density at radius 2 is 1.78 bits per heavy atom. The Bertz CT molecular complexity index is 962. The molecule has 0 bridgehead atoms. The second-order valence-electron chi connectivity index (χ2n) is 5.38. The molecule has 0 spiro atoms. The van der Waals surface area contributed by atoms with Gasteiger partial charge in [-0.05, 0) is 48.7 Å². The summed E-state index contributed by atoms with van der Waals surface area (Å²) in [6.45, 7) is 3.87. The molecule has 1 heterocycles. The van der Waals surface area contributed by atoms with Gasteiger partial charge in [0.1, 0.15) is 11.4 Å². The minimum absolute atomic E-state index is 0.0765. The highest BCUT2D eigenvalue weighted by Gasteiger charge is 2.14. The molecule has 0 fully saturated rings. The molecule has 0 saturated heterocycles. The van der Waals surface area contributed by atoms with Gasteiger partial charge in [-0.3, -0.25) is 0 Å². The molecular weight excluding hydrogens is 294 g/mol. The summed E-state index contributed by atoms with van der Waals surface area (Å²) in [5.74, 6) is -0.0765. The van der Waals surface area contributed by atoms with Crippen LogP contribution in [0.15, 0.2) is 52.1 Å². The third-order valence-corrected chi connectivity index (χ3v) is 3.77. The number of nitrogens with one attached hydrogen (secondary N) is 1. The number of hydrogen-bond acceptors (Lipinski definition) is 3. The minimum atomic E-state index is -0.555. The lowest BCUT2D eigenvalue weighted by Crippen LogP contribution is -2.26. The molecule has 0 saturated carbocycles. The number of phenolic OH excluding ortho intramolecular Hbond substituents is 1. The maximum absolute atomic E-state index is 12.6. The van der Waals surface area contributed by atoms with E-state index in [-0.39, 0.29) is 11.4 Å². The number of H-pyrrole nitrogens is 1. The summed E-state index contributed by atoms with van der Waals surface area (Å²) in [6, 6.07) is 12.1. The van der Waals surface area contributed by atoms with Crippen LogP contribution in [0, 0.1) is 6.92 Å². The van der Waals surface area contributed by atoms with Gasteiger partial charge < -0.3 is 5.11 Å². The molecule has 1 aromatic heterocycles. The molecule has 0 aliphatic rings. The number of phenols is 1. The van der Waals surface area contributed by atoms with E-state index >= 15 is 0 Å². The van der Waals surface area contributed by atoms with Crippen molar-refractivity contribution in [3.05, 3.63) is 74.6 Å². The second-order valence-corrected chi connectivity index (χ2v) is 5.38. The molecule has 118 valence electrons. The largest absolute Gasteiger partial charge is 0.506 e. The first kappa shape index (κ1) is 14.9. The minimum Gasteiger partial charge on any atom is -0.506 e. The summed E-state index contributed by atoms with van der Waals surface area (Å²) in [5, 5.41) is 12.4. The first-order valence-electron chi connectivity index (χ1n) is 7.34. The Kier molecular flexibility index (Phi) is 3.65. The molecule has 3 aromatic rings. The van der Waals surface area contributed by atoms with Crippen LogP contribution in [0.2, 0.25) is 0 Å². The molecular formula is C17H17N3O3. The van der Waals surface area contributed by atoms with Crippen molar-refractivity contribution in [3.8, 4) is 17.1 Å². The Morgan fingerprint density at radius 1 is 1.09 bits per heavy atom. The Balaban J connectivity index is 2.18. The van der Waals surface area contributed by atoms with Crippen molar-refractivity contribution >= 4 is 0 Å². The highest BCUT2D eigenvalue weighted by atomic mass is 16.3. The van der Waals surface area contributed by atoms with Crippen LogP contribution in [0.3, 0.4) is 0 Å². The lowest BCUT2D eigenvalue weighted by Gasteiger charge is -2.05. The standard InChI is InChI=1S/C17H17N3O3/c1-3-12-5-7-13(8-6-12)19-16(22)18-20(17(19)23)14-10-11(2)4-9-15(14)21/h4-10,21H,3H2,1-2H3,(H,18,22). The zero-order valence-corrected chi connectivity index (χ0v) is 12.9. The number of aromatic nitrogens is 3. The quantitative estimate of drug-likeness (QED) is 0.775. The first-order chi connectivity index (χ1) is 11.0. The lowest BCUT2D eigenvalue weighted by molar-refractivity contribution is 0.469. The molecule has 23 heavy (non-hydrogen) atoms. The molecule has 6 heteroatoms. The van der Waals surface area contributed by atoms with Gasteiger partial charge in [0.15, 0.2) is 0 Å². The Morgan fingerprint density at radius 3 is 2.43 bits per heavy atom. The summed E-state index contributed by atoms with van der Waals surface area (Å²) in [4.78, 5) is 24.8. The summed E-state index contributed by atoms with van der Waals surface area (Å²) in [6.07, 6.45) is 0.879. The molecule has 0 radical (unpaired) electrons. The van der Waals surface area contributed by atoms with Gasteiger partial charge in [0.05, 0.1) is 5.69 Å². The van der Waals surface area contributed by atoms with Gasteiger partial charge in [0.2, 0.25) is 0 Å². The molecule has 0 aliphatic heterocycles. The third kappa shape index (κ3) is 2.59. The zero-order valence-electron chi connectivity index (χ0n) is 12.9. The maximum atomic E-state index is 12.6. The van der Waals surface area contributed by atoms with Crippen molar-refractivity contribution in [3.63, 3.8) is 0 Å². The van der Waals surface area contributed by atoms with Crippen LogP contribution >= 0.6 is 0 Å². The van der Waals surface area contributed by atoms with Gasteiger partial charge in [0, 0.05) is 0 Å². The van der Waals surface area contributed by atoms with Crippen LogP contribution in [-0.2, 0) is 6.42 Å². The number of aromatic hydroxyl groups is 1. The molecule has 0 unspecified atom stereocenters. The summed E-state index contributed by atoms with van der Waals surface area (Å²) >= 11 is 0. The van der Waals surface area contributed by atoms with E-state index < -0.39 is 11.4 Å². The number of rotatable bonds is 3. The molecule has 6 nitrogen and oxygen atoms in total. The monoisotopic (exact) mass is 311 g/mol. The highest BCUT2D eigenvalue weighted by Crippen LogP contribution is 2.20. The van der Waals surface area contributed by atoms with Gasteiger partial charge in [0.25, 0.3) is 0 Å². The summed E-state index contributed by atoms with van der Waals surface area (Å²) < 4.78 is 2.10.